The Bertz CT molecular complexity index is 599. The van der Waals surface area contributed by atoms with E-state index >= 15 is 0 Å². The first-order chi connectivity index (χ1) is 10.4. The number of carbonyl (C=O) groups is 1. The molecule has 0 aliphatic heterocycles. The van der Waals surface area contributed by atoms with E-state index in [1.54, 1.807) is 0 Å². The number of carbonyl (C=O) groups excluding carboxylic acids is 1. The van der Waals surface area contributed by atoms with Gasteiger partial charge in [-0.25, -0.2) is 0 Å². The standard InChI is InChI=1S/C20H20O/c21-15-18-19(13-7-8-14-19)20(18,16-9-3-1-4-10-16)17-11-5-2-6-12-17/h1-6,9-12,15,18H,7-8,13-14H2/t18-/m0/s1. The van der Waals surface area contributed by atoms with Crippen LogP contribution in [-0.4, -0.2) is 6.29 Å². The molecule has 2 aliphatic carbocycles. The number of rotatable bonds is 3. The first-order valence-electron chi connectivity index (χ1n) is 7.92. The number of hydrogen-bond acceptors (Lipinski definition) is 1. The molecule has 2 fully saturated rings. The third-order valence-electron chi connectivity index (χ3n) is 5.85. The summed E-state index contributed by atoms with van der Waals surface area (Å²) in [6.07, 6.45) is 6.10. The lowest BCUT2D eigenvalue weighted by Crippen LogP contribution is -2.18. The third-order valence-corrected chi connectivity index (χ3v) is 5.85. The minimum atomic E-state index is -0.0895. The SMILES string of the molecule is O=C[C@H]1C2(CCCC2)C1(c1ccccc1)c1ccccc1. The highest BCUT2D eigenvalue weighted by Gasteiger charge is 2.77. The zero-order chi connectivity index (χ0) is 14.3. The Balaban J connectivity index is 1.95. The minimum absolute atomic E-state index is 0.0895. The zero-order valence-electron chi connectivity index (χ0n) is 12.2. The molecule has 1 nitrogen and oxygen atoms in total. The van der Waals surface area contributed by atoms with Gasteiger partial charge in [-0.05, 0) is 29.4 Å². The van der Waals surface area contributed by atoms with E-state index in [4.69, 9.17) is 0 Å². The molecule has 2 aromatic rings. The fourth-order valence-corrected chi connectivity index (χ4v) is 5.07. The Kier molecular flexibility index (Phi) is 2.78. The molecule has 0 heterocycles. The van der Waals surface area contributed by atoms with E-state index in [2.05, 4.69) is 60.7 Å². The van der Waals surface area contributed by atoms with E-state index in [1.807, 2.05) is 0 Å². The van der Waals surface area contributed by atoms with Crippen molar-refractivity contribution in [2.45, 2.75) is 31.1 Å². The van der Waals surface area contributed by atoms with Gasteiger partial charge in [0.1, 0.15) is 6.29 Å². The lowest BCUT2D eigenvalue weighted by Gasteiger charge is -2.23. The van der Waals surface area contributed by atoms with Gasteiger partial charge < -0.3 is 4.79 Å². The fourth-order valence-electron chi connectivity index (χ4n) is 5.07. The summed E-state index contributed by atoms with van der Waals surface area (Å²) < 4.78 is 0. The van der Waals surface area contributed by atoms with Crippen LogP contribution in [0.4, 0.5) is 0 Å². The zero-order valence-corrected chi connectivity index (χ0v) is 12.2. The molecular weight excluding hydrogens is 256 g/mol. The van der Waals surface area contributed by atoms with Crippen LogP contribution in [-0.2, 0) is 10.2 Å². The van der Waals surface area contributed by atoms with Crippen molar-refractivity contribution >= 4 is 6.29 Å². The largest absolute Gasteiger partial charge is 0.303 e. The molecule has 0 N–H and O–H groups in total. The molecule has 106 valence electrons. The van der Waals surface area contributed by atoms with Crippen molar-refractivity contribution in [3.63, 3.8) is 0 Å². The van der Waals surface area contributed by atoms with Crippen LogP contribution in [0.1, 0.15) is 36.8 Å². The topological polar surface area (TPSA) is 17.1 Å². The molecule has 2 aliphatic rings. The summed E-state index contributed by atoms with van der Waals surface area (Å²) in [4.78, 5) is 11.9. The summed E-state index contributed by atoms with van der Waals surface area (Å²) in [6, 6.07) is 21.3. The number of aldehydes is 1. The van der Waals surface area contributed by atoms with Gasteiger partial charge in [-0.3, -0.25) is 0 Å². The summed E-state index contributed by atoms with van der Waals surface area (Å²) in [5.74, 6) is 0.136. The van der Waals surface area contributed by atoms with E-state index < -0.39 is 0 Å². The van der Waals surface area contributed by atoms with Crippen molar-refractivity contribution in [3.8, 4) is 0 Å². The van der Waals surface area contributed by atoms with Gasteiger partial charge in [-0.2, -0.15) is 0 Å². The molecule has 0 bridgehead atoms. The van der Waals surface area contributed by atoms with E-state index in [9.17, 15) is 4.79 Å². The van der Waals surface area contributed by atoms with E-state index in [-0.39, 0.29) is 16.7 Å². The molecule has 0 unspecified atom stereocenters. The Labute approximate surface area is 126 Å². The fraction of sp³-hybridized carbons (Fsp3) is 0.350. The van der Waals surface area contributed by atoms with Gasteiger partial charge >= 0.3 is 0 Å². The minimum Gasteiger partial charge on any atom is -0.303 e. The summed E-state index contributed by atoms with van der Waals surface area (Å²) in [5.41, 5.74) is 2.70. The van der Waals surface area contributed by atoms with Crippen molar-refractivity contribution in [2.24, 2.45) is 11.3 Å². The van der Waals surface area contributed by atoms with Crippen molar-refractivity contribution in [1.82, 2.24) is 0 Å². The Morgan fingerprint density at radius 2 is 1.29 bits per heavy atom. The van der Waals surface area contributed by atoms with Gasteiger partial charge in [0.05, 0.1) is 0 Å². The average Bonchev–Trinajstić information content (AvgIpc) is 2.83. The van der Waals surface area contributed by atoms with E-state index in [0.29, 0.717) is 0 Å². The van der Waals surface area contributed by atoms with E-state index in [1.165, 1.54) is 43.1 Å². The molecule has 2 aromatic carbocycles. The Morgan fingerprint density at radius 3 is 1.71 bits per heavy atom. The molecule has 2 saturated carbocycles. The van der Waals surface area contributed by atoms with Crippen LogP contribution in [0, 0.1) is 11.3 Å². The molecule has 0 radical (unpaired) electrons. The lowest BCUT2D eigenvalue weighted by molar-refractivity contribution is -0.109. The molecular formula is C20H20O. The highest BCUT2D eigenvalue weighted by molar-refractivity contribution is 5.73. The van der Waals surface area contributed by atoms with E-state index in [0.717, 1.165) is 0 Å². The maximum atomic E-state index is 11.9. The molecule has 1 spiro atoms. The van der Waals surface area contributed by atoms with Crippen molar-refractivity contribution in [2.75, 3.05) is 0 Å². The molecule has 1 heteroatoms. The van der Waals surface area contributed by atoms with Crippen molar-refractivity contribution in [3.05, 3.63) is 71.8 Å². The quantitative estimate of drug-likeness (QED) is 0.761. The first-order valence-corrected chi connectivity index (χ1v) is 7.92. The molecule has 4 rings (SSSR count). The number of benzene rings is 2. The van der Waals surface area contributed by atoms with Crippen LogP contribution in [0.5, 0.6) is 0 Å². The van der Waals surface area contributed by atoms with Crippen LogP contribution in [0.3, 0.4) is 0 Å². The summed E-state index contributed by atoms with van der Waals surface area (Å²) in [7, 11) is 0. The Morgan fingerprint density at radius 1 is 0.810 bits per heavy atom. The predicted octanol–water partition coefficient (Wildman–Crippen LogP) is 4.36. The second-order valence-corrected chi connectivity index (χ2v) is 6.52. The second kappa shape index (κ2) is 4.56. The van der Waals surface area contributed by atoms with Crippen LogP contribution in [0.15, 0.2) is 60.7 Å². The van der Waals surface area contributed by atoms with Crippen LogP contribution in [0.25, 0.3) is 0 Å². The van der Waals surface area contributed by atoms with Crippen LogP contribution in [0.2, 0.25) is 0 Å². The molecule has 0 aromatic heterocycles. The smallest absolute Gasteiger partial charge is 0.124 e. The van der Waals surface area contributed by atoms with Crippen LogP contribution >= 0.6 is 0 Å². The molecule has 0 saturated heterocycles. The monoisotopic (exact) mass is 276 g/mol. The summed E-state index contributed by atoms with van der Waals surface area (Å²) >= 11 is 0. The van der Waals surface area contributed by atoms with Gasteiger partial charge in [-0.1, -0.05) is 73.5 Å². The Hall–Kier alpha value is -1.89. The average molecular weight is 276 g/mol. The summed E-state index contributed by atoms with van der Waals surface area (Å²) in [6.45, 7) is 0. The molecule has 1 atom stereocenters. The first kappa shape index (κ1) is 12.8. The van der Waals surface area contributed by atoms with Gasteiger partial charge in [0.15, 0.2) is 0 Å². The maximum Gasteiger partial charge on any atom is 0.124 e. The van der Waals surface area contributed by atoms with Crippen molar-refractivity contribution in [1.29, 1.82) is 0 Å². The van der Waals surface area contributed by atoms with Gasteiger partial charge in [0, 0.05) is 11.3 Å². The lowest BCUT2D eigenvalue weighted by atomic mass is 9.79. The summed E-state index contributed by atoms with van der Waals surface area (Å²) in [5, 5.41) is 0. The van der Waals surface area contributed by atoms with Gasteiger partial charge in [-0.15, -0.1) is 0 Å². The molecule has 0 amide bonds. The highest BCUT2D eigenvalue weighted by Crippen LogP contribution is 2.77. The van der Waals surface area contributed by atoms with Gasteiger partial charge in [0.25, 0.3) is 0 Å². The number of hydrogen-bond donors (Lipinski definition) is 0. The highest BCUT2D eigenvalue weighted by atomic mass is 16.1. The third kappa shape index (κ3) is 1.49. The maximum absolute atomic E-state index is 11.9. The molecule has 21 heavy (non-hydrogen) atoms. The van der Waals surface area contributed by atoms with Crippen LogP contribution < -0.4 is 0 Å². The normalized spacial score (nSPS) is 24.9. The van der Waals surface area contributed by atoms with Crippen molar-refractivity contribution < 1.29 is 4.79 Å². The van der Waals surface area contributed by atoms with Gasteiger partial charge in [0.2, 0.25) is 0 Å². The second-order valence-electron chi connectivity index (χ2n) is 6.52. The predicted molar refractivity (Wildman–Crippen MR) is 84.1 cm³/mol.